The molecule has 0 spiro atoms. The molecular weight excluding hydrogens is 466 g/mol. The number of carboxylic acids is 1. The van der Waals surface area contributed by atoms with Gasteiger partial charge >= 0.3 is 30.8 Å². The van der Waals surface area contributed by atoms with E-state index in [1.54, 1.807) is 24.3 Å². The van der Waals surface area contributed by atoms with Crippen LogP contribution in [-0.4, -0.2) is 35.1 Å². The van der Waals surface area contributed by atoms with E-state index in [1.165, 1.54) is 29.8 Å². The maximum absolute atomic E-state index is 11.2. The quantitative estimate of drug-likeness (QED) is 0.348. The first kappa shape index (κ1) is 28.4. The number of halogens is 2. The summed E-state index contributed by atoms with van der Waals surface area (Å²) in [6.45, 7) is 0. The molecule has 0 radical (unpaired) electrons. The minimum Gasteiger partial charge on any atom is -0.870 e. The fraction of sp³-hybridized carbons (Fsp3) is 0.0526. The van der Waals surface area contributed by atoms with Crippen LogP contribution in [0.15, 0.2) is 48.5 Å². The number of carbonyl (C=O) groups is 2. The van der Waals surface area contributed by atoms with Crippen molar-refractivity contribution in [2.75, 3.05) is 7.11 Å². The summed E-state index contributed by atoms with van der Waals surface area (Å²) in [4.78, 5) is 22.8. The van der Waals surface area contributed by atoms with Crippen LogP contribution in [0.1, 0.15) is 19.3 Å². The third kappa shape index (κ3) is 6.70. The molecule has 4 N–H and O–H groups in total. The minimum absolute atomic E-state index is 0. The molecule has 0 unspecified atom stereocenters. The Kier molecular flexibility index (Phi) is 11.6. The van der Waals surface area contributed by atoms with Gasteiger partial charge in [0, 0.05) is 19.4 Å². The molecule has 6 nitrogen and oxygen atoms in total. The third-order valence-electron chi connectivity index (χ3n) is 3.56. The second-order valence-corrected chi connectivity index (χ2v) is 8.42. The second kappa shape index (κ2) is 12.3. The summed E-state index contributed by atoms with van der Waals surface area (Å²) in [6, 6.07) is 14.3. The van der Waals surface area contributed by atoms with Crippen molar-refractivity contribution in [1.29, 1.82) is 0 Å². The average Bonchev–Trinajstić information content (AvgIpc) is 3.24. The first-order chi connectivity index (χ1) is 12.9. The van der Waals surface area contributed by atoms with Crippen LogP contribution < -0.4 is 18.9 Å². The molecule has 0 aliphatic carbocycles. The summed E-state index contributed by atoms with van der Waals surface area (Å²) in [5.41, 5.74) is 0. The summed E-state index contributed by atoms with van der Waals surface area (Å²) in [5.74, 6) is -1.19. The third-order valence-corrected chi connectivity index (χ3v) is 6.20. The van der Waals surface area contributed by atoms with Crippen molar-refractivity contribution in [2.24, 2.45) is 0 Å². The van der Waals surface area contributed by atoms with Gasteiger partial charge in [-0.15, -0.1) is 22.7 Å². The Balaban J connectivity index is 0.000000511. The Hall–Kier alpha value is -1.60. The summed E-state index contributed by atoms with van der Waals surface area (Å²) in [6.07, 6.45) is 0. The van der Waals surface area contributed by atoms with E-state index in [-0.39, 0.29) is 35.8 Å². The molecular formula is C19H15Cl2LiO6S2. The van der Waals surface area contributed by atoms with Gasteiger partial charge in [-0.2, -0.15) is 0 Å². The average molecular weight is 481 g/mol. The van der Waals surface area contributed by atoms with Gasteiger partial charge in [-0.05, 0) is 47.2 Å². The van der Waals surface area contributed by atoms with E-state index in [1.807, 2.05) is 24.3 Å². The molecule has 2 aromatic heterocycles. The van der Waals surface area contributed by atoms with Gasteiger partial charge in [0.2, 0.25) is 0 Å². The van der Waals surface area contributed by atoms with Crippen molar-refractivity contribution < 1.29 is 49.2 Å². The molecule has 4 rings (SSSR count). The summed E-state index contributed by atoms with van der Waals surface area (Å²) in [5, 5.41) is 12.0. The molecule has 0 amide bonds. The topological polar surface area (TPSA) is 125 Å². The van der Waals surface area contributed by atoms with Crippen LogP contribution in [0.5, 0.6) is 0 Å². The molecule has 0 atom stereocenters. The van der Waals surface area contributed by atoms with E-state index in [9.17, 15) is 9.59 Å². The first-order valence-electron chi connectivity index (χ1n) is 7.57. The number of carboxylic acid groups (broad SMARTS) is 1. The number of hydrogen-bond donors (Lipinski definition) is 1. The molecule has 154 valence electrons. The van der Waals surface area contributed by atoms with E-state index in [0.29, 0.717) is 19.8 Å². The molecule has 4 aromatic rings. The minimum atomic E-state index is -0.891. The molecule has 0 saturated carbocycles. The maximum Gasteiger partial charge on any atom is 1.00 e. The van der Waals surface area contributed by atoms with Gasteiger partial charge in [0.1, 0.15) is 9.75 Å². The van der Waals surface area contributed by atoms with E-state index in [4.69, 9.17) is 28.3 Å². The van der Waals surface area contributed by atoms with Crippen molar-refractivity contribution in [2.45, 2.75) is 0 Å². The van der Waals surface area contributed by atoms with Crippen LogP contribution in [0.2, 0.25) is 10.0 Å². The largest absolute Gasteiger partial charge is 1.00 e. The van der Waals surface area contributed by atoms with E-state index in [0.717, 1.165) is 20.2 Å². The van der Waals surface area contributed by atoms with Crippen LogP contribution in [0.3, 0.4) is 0 Å². The number of hydrogen-bond acceptors (Lipinski definition) is 6. The van der Waals surface area contributed by atoms with Crippen molar-refractivity contribution in [3.63, 3.8) is 0 Å². The maximum atomic E-state index is 11.2. The number of fused-ring (bicyclic) bond motifs is 2. The molecule has 11 heteroatoms. The summed E-state index contributed by atoms with van der Waals surface area (Å²) >= 11 is 14.2. The second-order valence-electron chi connectivity index (χ2n) is 5.38. The molecule has 0 fully saturated rings. The fourth-order valence-corrected chi connectivity index (χ4v) is 4.75. The Morgan fingerprint density at radius 3 is 1.73 bits per heavy atom. The zero-order valence-electron chi connectivity index (χ0n) is 15.8. The Labute approximate surface area is 201 Å². The molecule has 0 saturated heterocycles. The van der Waals surface area contributed by atoms with Gasteiger partial charge in [0.25, 0.3) is 0 Å². The molecule has 2 aromatic carbocycles. The van der Waals surface area contributed by atoms with E-state index >= 15 is 0 Å². The molecule has 0 bridgehead atoms. The number of thiophene rings is 2. The number of esters is 1. The van der Waals surface area contributed by atoms with Gasteiger partial charge in [-0.1, -0.05) is 35.3 Å². The van der Waals surface area contributed by atoms with Crippen molar-refractivity contribution >= 4 is 78.0 Å². The summed E-state index contributed by atoms with van der Waals surface area (Å²) in [7, 11) is 1.37. The summed E-state index contributed by atoms with van der Waals surface area (Å²) < 4.78 is 6.54. The normalized spacial score (nSPS) is 9.43. The predicted octanol–water partition coefficient (Wildman–Crippen LogP) is 2.60. The number of carbonyl (C=O) groups excluding carboxylic acids is 1. The standard InChI is InChI=1S/C10H7ClO2S.C9H5ClO2S.Li.2H2O/c1-13-10(12)9-4-6-2-3-7(11)5-8(6)14-9;10-6-2-1-5-3-8(9(11)12)13-7(5)4-6;;;/h2-5H,1H3;1-4H,(H,11,12);;2*1H2/q;;+1;;/p-1. The number of ether oxygens (including phenoxy) is 1. The smallest absolute Gasteiger partial charge is 0.870 e. The van der Waals surface area contributed by atoms with Crippen LogP contribution >= 0.6 is 45.9 Å². The predicted molar refractivity (Wildman–Crippen MR) is 118 cm³/mol. The van der Waals surface area contributed by atoms with E-state index in [2.05, 4.69) is 4.74 Å². The first-order valence-corrected chi connectivity index (χ1v) is 9.96. The molecule has 0 aliphatic rings. The van der Waals surface area contributed by atoms with Crippen molar-refractivity contribution in [3.05, 3.63) is 68.3 Å². The van der Waals surface area contributed by atoms with Crippen LogP contribution in [0.25, 0.3) is 20.2 Å². The van der Waals surface area contributed by atoms with Gasteiger partial charge in [0.05, 0.1) is 7.11 Å². The fourth-order valence-electron chi connectivity index (χ4n) is 2.32. The molecule has 0 aliphatic heterocycles. The zero-order chi connectivity index (χ0) is 19.6. The monoisotopic (exact) mass is 480 g/mol. The SMILES string of the molecule is COC(=O)c1cc2ccc(Cl)cc2s1.O.O=C(O)c1cc2ccc(Cl)cc2s1.[Li+].[OH-]. The number of benzene rings is 2. The Bertz CT molecular complexity index is 1160. The number of rotatable bonds is 2. The van der Waals surface area contributed by atoms with Crippen molar-refractivity contribution in [1.82, 2.24) is 0 Å². The van der Waals surface area contributed by atoms with Crippen molar-refractivity contribution in [3.8, 4) is 0 Å². The Morgan fingerprint density at radius 1 is 0.867 bits per heavy atom. The van der Waals surface area contributed by atoms with Gasteiger partial charge < -0.3 is 20.8 Å². The Morgan fingerprint density at radius 2 is 1.30 bits per heavy atom. The van der Waals surface area contributed by atoms with Crippen LogP contribution in [-0.2, 0) is 4.74 Å². The van der Waals surface area contributed by atoms with Gasteiger partial charge in [-0.3, -0.25) is 0 Å². The molecule has 2 heterocycles. The number of methoxy groups -OCH3 is 1. The van der Waals surface area contributed by atoms with E-state index < -0.39 is 5.97 Å². The van der Waals surface area contributed by atoms with Crippen LogP contribution in [0.4, 0.5) is 0 Å². The number of aromatic carboxylic acids is 1. The van der Waals surface area contributed by atoms with Gasteiger partial charge in [-0.25, -0.2) is 9.59 Å². The van der Waals surface area contributed by atoms with Gasteiger partial charge in [0.15, 0.2) is 0 Å². The van der Waals surface area contributed by atoms with Crippen LogP contribution in [0, 0.1) is 0 Å². The zero-order valence-corrected chi connectivity index (χ0v) is 19.0. The molecule has 30 heavy (non-hydrogen) atoms.